The van der Waals surface area contributed by atoms with Crippen molar-refractivity contribution in [2.75, 3.05) is 9.80 Å². The Morgan fingerprint density at radius 1 is 0.536 bits per heavy atom. The third-order valence-corrected chi connectivity index (χ3v) is 12.9. The molecule has 6 aromatic carbocycles. The zero-order chi connectivity index (χ0) is 39.4. The average molecular weight is 735 g/mol. The van der Waals surface area contributed by atoms with Crippen LogP contribution in [0, 0.1) is 0 Å². The summed E-state index contributed by atoms with van der Waals surface area (Å²) in [4.78, 5) is 4.93. The lowest BCUT2D eigenvalue weighted by atomic mass is 9.34. The number of hydrogen-bond donors (Lipinski definition) is 0. The number of hydrogen-bond acceptors (Lipinski definition) is 3. The molecule has 0 N–H and O–H groups in total. The highest BCUT2D eigenvalue weighted by Gasteiger charge is 2.43. The molecule has 4 heteroatoms. The van der Waals surface area contributed by atoms with Crippen molar-refractivity contribution >= 4 is 57.2 Å². The number of fused-ring (bicyclic) bond motifs is 5. The van der Waals surface area contributed by atoms with E-state index in [9.17, 15) is 0 Å². The Balaban J connectivity index is 1.32. The Hall–Kier alpha value is -5.22. The highest BCUT2D eigenvalue weighted by molar-refractivity contribution is 6.99. The second kappa shape index (κ2) is 12.6. The van der Waals surface area contributed by atoms with Crippen LogP contribution in [0.15, 0.2) is 127 Å². The van der Waals surface area contributed by atoms with Gasteiger partial charge in [0.15, 0.2) is 0 Å². The Kier molecular flexibility index (Phi) is 8.23. The van der Waals surface area contributed by atoms with Gasteiger partial charge in [-0.1, -0.05) is 136 Å². The van der Waals surface area contributed by atoms with Gasteiger partial charge < -0.3 is 14.5 Å². The Bertz CT molecular complexity index is 2480. The van der Waals surface area contributed by atoms with E-state index in [2.05, 4.69) is 206 Å². The molecular weight excluding hydrogens is 679 g/mol. The summed E-state index contributed by atoms with van der Waals surface area (Å²) in [5.74, 6) is 1.83. The summed E-state index contributed by atoms with van der Waals surface area (Å²) >= 11 is 0. The molecule has 1 aliphatic carbocycles. The van der Waals surface area contributed by atoms with Gasteiger partial charge in [0, 0.05) is 34.5 Å². The van der Waals surface area contributed by atoms with Crippen molar-refractivity contribution in [2.45, 2.75) is 104 Å². The van der Waals surface area contributed by atoms with Gasteiger partial charge in [-0.2, -0.15) is 0 Å². The molecule has 0 atom stereocenters. The zero-order valence-corrected chi connectivity index (χ0v) is 34.9. The minimum Gasteiger partial charge on any atom is -0.458 e. The Morgan fingerprint density at radius 3 is 1.88 bits per heavy atom. The predicted octanol–water partition coefficient (Wildman–Crippen LogP) is 12.5. The summed E-state index contributed by atoms with van der Waals surface area (Å²) in [7, 11) is 0. The number of rotatable bonds is 4. The molecule has 2 heterocycles. The van der Waals surface area contributed by atoms with E-state index >= 15 is 0 Å². The topological polar surface area (TPSA) is 15.7 Å². The monoisotopic (exact) mass is 734 g/mol. The first-order valence-electron chi connectivity index (χ1n) is 20.5. The first-order chi connectivity index (χ1) is 26.5. The van der Waals surface area contributed by atoms with Crippen molar-refractivity contribution in [3.63, 3.8) is 0 Å². The van der Waals surface area contributed by atoms with E-state index in [4.69, 9.17) is 4.74 Å². The summed E-state index contributed by atoms with van der Waals surface area (Å²) in [6.45, 7) is 23.4. The lowest BCUT2D eigenvalue weighted by Crippen LogP contribution is -2.59. The van der Waals surface area contributed by atoms with Crippen LogP contribution in [0.2, 0.25) is 0 Å². The van der Waals surface area contributed by atoms with Crippen LogP contribution in [0.4, 0.5) is 34.1 Å². The van der Waals surface area contributed by atoms with E-state index in [1.54, 1.807) is 0 Å². The normalized spacial score (nSPS) is 16.2. The lowest BCUT2D eigenvalue weighted by Gasteiger charge is -2.43. The molecule has 0 spiro atoms. The van der Waals surface area contributed by atoms with Crippen LogP contribution in [0.5, 0.6) is 11.5 Å². The quantitative estimate of drug-likeness (QED) is 0.167. The summed E-state index contributed by atoms with van der Waals surface area (Å²) in [5, 5.41) is 0. The Labute approximate surface area is 335 Å². The van der Waals surface area contributed by atoms with E-state index in [1.165, 1.54) is 57.2 Å². The van der Waals surface area contributed by atoms with E-state index in [0.29, 0.717) is 0 Å². The second-order valence-corrected chi connectivity index (χ2v) is 19.8. The number of para-hydroxylation sites is 2. The summed E-state index contributed by atoms with van der Waals surface area (Å²) in [6, 6.07) is 47.8. The largest absolute Gasteiger partial charge is 0.458 e. The molecule has 56 heavy (non-hydrogen) atoms. The third-order valence-electron chi connectivity index (χ3n) is 12.9. The molecule has 0 saturated carbocycles. The third kappa shape index (κ3) is 5.95. The molecule has 0 fully saturated rings. The molecule has 0 amide bonds. The highest BCUT2D eigenvalue weighted by Crippen LogP contribution is 2.50. The van der Waals surface area contributed by atoms with E-state index in [-0.39, 0.29) is 28.4 Å². The van der Waals surface area contributed by atoms with Gasteiger partial charge in [0.1, 0.15) is 11.5 Å². The van der Waals surface area contributed by atoms with Crippen LogP contribution in [0.25, 0.3) is 0 Å². The van der Waals surface area contributed by atoms with Gasteiger partial charge in [0.25, 0.3) is 6.71 Å². The van der Waals surface area contributed by atoms with Gasteiger partial charge in [-0.25, -0.2) is 0 Å². The fraction of sp³-hybridized carbons (Fsp3) is 0.308. The molecule has 3 aliphatic rings. The van der Waals surface area contributed by atoms with E-state index in [1.807, 2.05) is 0 Å². The van der Waals surface area contributed by atoms with E-state index in [0.717, 1.165) is 39.9 Å². The van der Waals surface area contributed by atoms with Crippen molar-refractivity contribution in [3.05, 3.63) is 150 Å². The van der Waals surface area contributed by atoms with Crippen LogP contribution in [0.3, 0.4) is 0 Å². The van der Waals surface area contributed by atoms with Crippen LogP contribution in [-0.4, -0.2) is 6.71 Å². The Morgan fingerprint density at radius 2 is 1.18 bits per heavy atom. The molecule has 0 saturated heterocycles. The number of anilines is 6. The van der Waals surface area contributed by atoms with Crippen molar-refractivity contribution in [2.24, 2.45) is 0 Å². The molecule has 2 aliphatic heterocycles. The number of ether oxygens (including phenoxy) is 1. The van der Waals surface area contributed by atoms with Gasteiger partial charge in [-0.3, -0.25) is 0 Å². The number of nitrogens with zero attached hydrogens (tertiary/aromatic N) is 2. The van der Waals surface area contributed by atoms with Gasteiger partial charge in [-0.15, -0.1) is 0 Å². The van der Waals surface area contributed by atoms with Crippen molar-refractivity contribution < 1.29 is 4.74 Å². The maximum Gasteiger partial charge on any atom is 0.256 e. The fourth-order valence-corrected chi connectivity index (χ4v) is 9.41. The van der Waals surface area contributed by atoms with Crippen molar-refractivity contribution in [1.29, 1.82) is 0 Å². The molecule has 0 bridgehead atoms. The second-order valence-electron chi connectivity index (χ2n) is 19.8. The minimum atomic E-state index is 0.000701. The molecular formula is C52H55BN2O. The predicted molar refractivity (Wildman–Crippen MR) is 240 cm³/mol. The first-order valence-corrected chi connectivity index (χ1v) is 20.5. The SMILES string of the molecule is CC(C)(C)c1ccc(N2c3ccc(C(C)(C)C)cc3B3c4ccccc4Oc4cc(N(c5ccccc5)c5ccc6c(c5)C(C)(C)CCC6(C)C)cc2c43)cc1. The van der Waals surface area contributed by atoms with Crippen LogP contribution < -0.4 is 30.9 Å². The zero-order valence-electron chi connectivity index (χ0n) is 34.9. The molecule has 3 nitrogen and oxygen atoms in total. The molecule has 9 rings (SSSR count). The molecule has 282 valence electrons. The van der Waals surface area contributed by atoms with Crippen LogP contribution in [0.1, 0.15) is 104 Å². The highest BCUT2D eigenvalue weighted by atomic mass is 16.5. The van der Waals surface area contributed by atoms with Gasteiger partial charge in [-0.05, 0) is 128 Å². The average Bonchev–Trinajstić information content (AvgIpc) is 3.16. The maximum absolute atomic E-state index is 7.04. The van der Waals surface area contributed by atoms with E-state index < -0.39 is 0 Å². The van der Waals surface area contributed by atoms with Crippen LogP contribution >= 0.6 is 0 Å². The standard InChI is InChI=1S/C52H55BN2O/c1-49(2,3)34-20-23-37(24-21-34)55-44-27-22-35(50(4,5)6)30-43(44)53-42-18-14-15-19-46(42)56-47-33-39(32-45(55)48(47)53)54(36-16-12-11-13-17-36)38-25-26-40-41(31-38)52(9,10)29-28-51(40,7)8/h11-27,30-33H,28-29H2,1-10H3. The number of benzene rings is 6. The molecule has 0 aromatic heterocycles. The van der Waals surface area contributed by atoms with Gasteiger partial charge >= 0.3 is 0 Å². The fourth-order valence-electron chi connectivity index (χ4n) is 9.41. The smallest absolute Gasteiger partial charge is 0.256 e. The summed E-state index contributed by atoms with van der Waals surface area (Å²) in [5.41, 5.74) is 16.4. The van der Waals surface area contributed by atoms with Gasteiger partial charge in [0.2, 0.25) is 0 Å². The van der Waals surface area contributed by atoms with Crippen molar-refractivity contribution in [3.8, 4) is 11.5 Å². The van der Waals surface area contributed by atoms with Crippen molar-refractivity contribution in [1.82, 2.24) is 0 Å². The first kappa shape index (κ1) is 36.4. The summed E-state index contributed by atoms with van der Waals surface area (Å²) < 4.78 is 7.04. The maximum atomic E-state index is 7.04. The molecule has 0 radical (unpaired) electrons. The minimum absolute atomic E-state index is 0.000701. The summed E-state index contributed by atoms with van der Waals surface area (Å²) in [6.07, 6.45) is 2.35. The van der Waals surface area contributed by atoms with Gasteiger partial charge in [0.05, 0.1) is 5.69 Å². The van der Waals surface area contributed by atoms with Crippen LogP contribution in [-0.2, 0) is 21.7 Å². The molecule has 6 aromatic rings. The lowest BCUT2D eigenvalue weighted by molar-refractivity contribution is 0.332. The molecule has 0 unspecified atom stereocenters.